The number of hydrogen-bond donors (Lipinski definition) is 2. The van der Waals surface area contributed by atoms with Crippen LogP contribution in [0, 0.1) is 0 Å². The summed E-state index contributed by atoms with van der Waals surface area (Å²) in [6.07, 6.45) is 2.24. The van der Waals surface area contributed by atoms with Gasteiger partial charge in [-0.25, -0.2) is 0 Å². The summed E-state index contributed by atoms with van der Waals surface area (Å²) >= 11 is 0. The Labute approximate surface area is 97.0 Å². The minimum Gasteiger partial charge on any atom is -0.370 e. The molecule has 0 spiro atoms. The molecule has 3 N–H and O–H groups in total. The van der Waals surface area contributed by atoms with Crippen LogP contribution in [-0.4, -0.2) is 13.0 Å². The van der Waals surface area contributed by atoms with Crippen LogP contribution in [0.5, 0.6) is 0 Å². The second-order valence-electron chi connectivity index (χ2n) is 4.09. The lowest BCUT2D eigenvalue weighted by atomic mass is 9.82. The maximum absolute atomic E-state index is 11.2. The SMILES string of the molecule is CCCC(CC(N)=O)(NC)c1ccccc1. The largest absolute Gasteiger partial charge is 0.370 e. The highest BCUT2D eigenvalue weighted by Crippen LogP contribution is 2.29. The average molecular weight is 220 g/mol. The Balaban J connectivity index is 3.06. The lowest BCUT2D eigenvalue weighted by Gasteiger charge is -2.33. The predicted molar refractivity (Wildman–Crippen MR) is 65.9 cm³/mol. The first-order valence-electron chi connectivity index (χ1n) is 5.67. The van der Waals surface area contributed by atoms with Crippen LogP contribution in [0.1, 0.15) is 31.7 Å². The van der Waals surface area contributed by atoms with E-state index in [1.165, 1.54) is 0 Å². The van der Waals surface area contributed by atoms with Crippen molar-refractivity contribution in [1.82, 2.24) is 5.32 Å². The van der Waals surface area contributed by atoms with E-state index >= 15 is 0 Å². The molecule has 0 fully saturated rings. The monoisotopic (exact) mass is 220 g/mol. The van der Waals surface area contributed by atoms with Gasteiger partial charge in [-0.2, -0.15) is 0 Å². The van der Waals surface area contributed by atoms with Crippen molar-refractivity contribution in [3.05, 3.63) is 35.9 Å². The molecule has 1 atom stereocenters. The molecule has 0 aromatic heterocycles. The van der Waals surface area contributed by atoms with E-state index in [-0.39, 0.29) is 11.4 Å². The Bertz CT molecular complexity index is 337. The molecule has 0 saturated carbocycles. The minimum atomic E-state index is -0.318. The van der Waals surface area contributed by atoms with Crippen LogP contribution in [0.2, 0.25) is 0 Å². The van der Waals surface area contributed by atoms with E-state index in [0.717, 1.165) is 18.4 Å². The Morgan fingerprint density at radius 3 is 2.44 bits per heavy atom. The molecule has 16 heavy (non-hydrogen) atoms. The fourth-order valence-electron chi connectivity index (χ4n) is 2.17. The third-order valence-electron chi connectivity index (χ3n) is 2.96. The third kappa shape index (κ3) is 2.83. The summed E-state index contributed by atoms with van der Waals surface area (Å²) in [7, 11) is 1.88. The standard InChI is InChI=1S/C13H20N2O/c1-3-9-13(15-2,10-12(14)16)11-7-5-4-6-8-11/h4-8,15H,3,9-10H2,1-2H3,(H2,14,16). The topological polar surface area (TPSA) is 55.1 Å². The van der Waals surface area contributed by atoms with E-state index in [0.29, 0.717) is 6.42 Å². The van der Waals surface area contributed by atoms with Gasteiger partial charge in [0.15, 0.2) is 0 Å². The van der Waals surface area contributed by atoms with Crippen LogP contribution in [0.4, 0.5) is 0 Å². The van der Waals surface area contributed by atoms with E-state index in [4.69, 9.17) is 5.73 Å². The van der Waals surface area contributed by atoms with E-state index < -0.39 is 0 Å². The first-order valence-corrected chi connectivity index (χ1v) is 5.67. The van der Waals surface area contributed by atoms with Crippen LogP contribution in [0.15, 0.2) is 30.3 Å². The summed E-state index contributed by atoms with van der Waals surface area (Å²) in [6, 6.07) is 10.0. The second kappa shape index (κ2) is 5.66. The fraction of sp³-hybridized carbons (Fsp3) is 0.462. The highest BCUT2D eigenvalue weighted by molar-refractivity contribution is 5.75. The molecule has 0 aliphatic rings. The Hall–Kier alpha value is -1.35. The third-order valence-corrected chi connectivity index (χ3v) is 2.96. The molecule has 1 aromatic rings. The number of nitrogens with one attached hydrogen (secondary N) is 1. The van der Waals surface area contributed by atoms with Gasteiger partial charge in [-0.15, -0.1) is 0 Å². The van der Waals surface area contributed by atoms with Crippen molar-refractivity contribution >= 4 is 5.91 Å². The van der Waals surface area contributed by atoms with Gasteiger partial charge in [-0.05, 0) is 19.0 Å². The summed E-state index contributed by atoms with van der Waals surface area (Å²) in [6.45, 7) is 2.11. The van der Waals surface area contributed by atoms with Crippen molar-refractivity contribution in [2.75, 3.05) is 7.05 Å². The molecule has 0 saturated heterocycles. The maximum Gasteiger partial charge on any atom is 0.219 e. The molecule has 1 amide bonds. The Morgan fingerprint density at radius 2 is 2.00 bits per heavy atom. The molecule has 0 radical (unpaired) electrons. The average Bonchev–Trinajstić information content (AvgIpc) is 2.29. The highest BCUT2D eigenvalue weighted by Gasteiger charge is 2.31. The zero-order chi connectivity index (χ0) is 12.0. The second-order valence-corrected chi connectivity index (χ2v) is 4.09. The normalized spacial score (nSPS) is 14.4. The molecule has 0 heterocycles. The predicted octanol–water partition coefficient (Wildman–Crippen LogP) is 1.78. The molecule has 1 unspecified atom stereocenters. The Morgan fingerprint density at radius 1 is 1.38 bits per heavy atom. The van der Waals surface area contributed by atoms with Crippen LogP contribution in [-0.2, 0) is 10.3 Å². The lowest BCUT2D eigenvalue weighted by molar-refractivity contribution is -0.119. The molecular weight excluding hydrogens is 200 g/mol. The molecule has 0 bridgehead atoms. The van der Waals surface area contributed by atoms with Gasteiger partial charge in [0.25, 0.3) is 0 Å². The zero-order valence-corrected chi connectivity index (χ0v) is 9.99. The van der Waals surface area contributed by atoms with Crippen molar-refractivity contribution in [2.45, 2.75) is 31.7 Å². The summed E-state index contributed by atoms with van der Waals surface area (Å²) in [5.41, 5.74) is 6.15. The number of hydrogen-bond acceptors (Lipinski definition) is 2. The van der Waals surface area contributed by atoms with Gasteiger partial charge in [0.1, 0.15) is 0 Å². The number of carbonyl (C=O) groups excluding carboxylic acids is 1. The first-order chi connectivity index (χ1) is 7.64. The summed E-state index contributed by atoms with van der Waals surface area (Å²) in [5, 5.41) is 3.26. The molecule has 88 valence electrons. The molecule has 3 heteroatoms. The summed E-state index contributed by atoms with van der Waals surface area (Å²) in [5.74, 6) is -0.272. The van der Waals surface area contributed by atoms with Gasteiger partial charge < -0.3 is 11.1 Å². The number of carbonyl (C=O) groups is 1. The van der Waals surface area contributed by atoms with Gasteiger partial charge >= 0.3 is 0 Å². The maximum atomic E-state index is 11.2. The number of benzene rings is 1. The number of rotatable bonds is 6. The number of primary amides is 1. The van der Waals surface area contributed by atoms with E-state index in [1.54, 1.807) is 0 Å². The van der Waals surface area contributed by atoms with Crippen molar-refractivity contribution in [2.24, 2.45) is 5.73 Å². The van der Waals surface area contributed by atoms with Gasteiger partial charge in [0.05, 0.1) is 5.54 Å². The quantitative estimate of drug-likeness (QED) is 0.767. The molecule has 0 aliphatic heterocycles. The van der Waals surface area contributed by atoms with Crippen molar-refractivity contribution in [3.63, 3.8) is 0 Å². The molecule has 3 nitrogen and oxygen atoms in total. The van der Waals surface area contributed by atoms with E-state index in [9.17, 15) is 4.79 Å². The van der Waals surface area contributed by atoms with Gasteiger partial charge in [0, 0.05) is 6.42 Å². The Kier molecular flexibility index (Phi) is 4.50. The zero-order valence-electron chi connectivity index (χ0n) is 9.99. The summed E-state index contributed by atoms with van der Waals surface area (Å²) < 4.78 is 0. The van der Waals surface area contributed by atoms with E-state index in [2.05, 4.69) is 12.2 Å². The lowest BCUT2D eigenvalue weighted by Crippen LogP contribution is -2.43. The highest BCUT2D eigenvalue weighted by atomic mass is 16.1. The van der Waals surface area contributed by atoms with Crippen molar-refractivity contribution < 1.29 is 4.79 Å². The molecule has 1 aromatic carbocycles. The van der Waals surface area contributed by atoms with Crippen LogP contribution < -0.4 is 11.1 Å². The van der Waals surface area contributed by atoms with Crippen molar-refractivity contribution in [3.8, 4) is 0 Å². The molecule has 1 rings (SSSR count). The first kappa shape index (κ1) is 12.7. The van der Waals surface area contributed by atoms with Gasteiger partial charge in [-0.1, -0.05) is 43.7 Å². The smallest absolute Gasteiger partial charge is 0.219 e. The van der Waals surface area contributed by atoms with Crippen molar-refractivity contribution in [1.29, 1.82) is 0 Å². The van der Waals surface area contributed by atoms with Crippen LogP contribution in [0.3, 0.4) is 0 Å². The van der Waals surface area contributed by atoms with Gasteiger partial charge in [-0.3, -0.25) is 4.79 Å². The summed E-state index contributed by atoms with van der Waals surface area (Å²) in [4.78, 5) is 11.2. The minimum absolute atomic E-state index is 0.272. The van der Waals surface area contributed by atoms with E-state index in [1.807, 2.05) is 37.4 Å². The molecule has 0 aliphatic carbocycles. The fourth-order valence-corrected chi connectivity index (χ4v) is 2.17. The number of nitrogens with two attached hydrogens (primary N) is 1. The number of amides is 1. The van der Waals surface area contributed by atoms with Crippen LogP contribution >= 0.6 is 0 Å². The van der Waals surface area contributed by atoms with Gasteiger partial charge in [0.2, 0.25) is 5.91 Å². The molecular formula is C13H20N2O. The van der Waals surface area contributed by atoms with Crippen LogP contribution in [0.25, 0.3) is 0 Å².